The van der Waals surface area contributed by atoms with Gasteiger partial charge in [-0.25, -0.2) is 0 Å². The molecule has 2 N–H and O–H groups in total. The van der Waals surface area contributed by atoms with E-state index in [4.69, 9.17) is 0 Å². The van der Waals surface area contributed by atoms with Crippen molar-refractivity contribution in [3.05, 3.63) is 28.5 Å². The van der Waals surface area contributed by atoms with Crippen LogP contribution in [-0.2, 0) is 4.79 Å². The molecule has 1 heterocycles. The van der Waals surface area contributed by atoms with Crippen LogP contribution in [0.5, 0.6) is 0 Å². The average molecular weight is 495 g/mol. The molecule has 1 atom stereocenters. The SMILES string of the molecule is CC(C)CN(c1ccc(C(C)CC(=O)O)cc1Nc1nc(Br)ns1)C1CCCCC1. The van der Waals surface area contributed by atoms with Crippen LogP contribution < -0.4 is 10.2 Å². The van der Waals surface area contributed by atoms with E-state index in [1.165, 1.54) is 43.6 Å². The highest BCUT2D eigenvalue weighted by molar-refractivity contribution is 9.10. The van der Waals surface area contributed by atoms with Crippen molar-refractivity contribution in [2.24, 2.45) is 5.92 Å². The van der Waals surface area contributed by atoms with Crippen molar-refractivity contribution in [1.82, 2.24) is 9.36 Å². The molecule has 164 valence electrons. The van der Waals surface area contributed by atoms with E-state index in [9.17, 15) is 9.90 Å². The Balaban J connectivity index is 1.99. The zero-order chi connectivity index (χ0) is 21.7. The first-order chi connectivity index (χ1) is 14.3. The number of aliphatic carboxylic acids is 1. The van der Waals surface area contributed by atoms with E-state index in [1.54, 1.807) is 0 Å². The summed E-state index contributed by atoms with van der Waals surface area (Å²) in [5.41, 5.74) is 3.15. The van der Waals surface area contributed by atoms with E-state index < -0.39 is 5.97 Å². The maximum Gasteiger partial charge on any atom is 0.303 e. The lowest BCUT2D eigenvalue weighted by molar-refractivity contribution is -0.137. The van der Waals surface area contributed by atoms with Crippen LogP contribution in [-0.4, -0.2) is 33.0 Å². The molecule has 0 spiro atoms. The summed E-state index contributed by atoms with van der Waals surface area (Å²) in [6, 6.07) is 6.86. The molecule has 1 aliphatic carbocycles. The summed E-state index contributed by atoms with van der Waals surface area (Å²) in [7, 11) is 0. The van der Waals surface area contributed by atoms with Gasteiger partial charge in [-0.1, -0.05) is 46.1 Å². The van der Waals surface area contributed by atoms with Gasteiger partial charge in [0.25, 0.3) is 0 Å². The van der Waals surface area contributed by atoms with Crippen LogP contribution in [0, 0.1) is 5.92 Å². The Bertz CT molecular complexity index is 851. The minimum Gasteiger partial charge on any atom is -0.481 e. The zero-order valence-electron chi connectivity index (χ0n) is 17.9. The number of benzene rings is 1. The number of rotatable bonds is 9. The monoisotopic (exact) mass is 494 g/mol. The second kappa shape index (κ2) is 10.6. The number of nitrogens with zero attached hydrogens (tertiary/aromatic N) is 3. The Hall–Kier alpha value is -1.67. The van der Waals surface area contributed by atoms with Gasteiger partial charge in [0.15, 0.2) is 0 Å². The number of aromatic nitrogens is 2. The van der Waals surface area contributed by atoms with Crippen LogP contribution in [0.3, 0.4) is 0 Å². The average Bonchev–Trinajstić information content (AvgIpc) is 3.11. The van der Waals surface area contributed by atoms with E-state index in [2.05, 4.69) is 67.6 Å². The van der Waals surface area contributed by atoms with Gasteiger partial charge in [-0.05, 0) is 58.3 Å². The van der Waals surface area contributed by atoms with Crippen LogP contribution in [0.4, 0.5) is 16.5 Å². The Kier molecular flexibility index (Phi) is 8.11. The summed E-state index contributed by atoms with van der Waals surface area (Å²) < 4.78 is 4.78. The molecule has 30 heavy (non-hydrogen) atoms. The van der Waals surface area contributed by atoms with Gasteiger partial charge in [0.1, 0.15) is 0 Å². The molecule has 1 saturated carbocycles. The van der Waals surface area contributed by atoms with Gasteiger partial charge in [0.2, 0.25) is 9.87 Å². The number of hydrogen-bond acceptors (Lipinski definition) is 6. The lowest BCUT2D eigenvalue weighted by Gasteiger charge is -2.38. The third-order valence-corrected chi connectivity index (χ3v) is 6.82. The first kappa shape index (κ1) is 23.0. The van der Waals surface area contributed by atoms with Crippen LogP contribution in [0.1, 0.15) is 70.8 Å². The molecule has 0 radical (unpaired) electrons. The first-order valence-corrected chi connectivity index (χ1v) is 12.3. The van der Waals surface area contributed by atoms with Gasteiger partial charge in [0.05, 0.1) is 17.8 Å². The molecular formula is C22H31BrN4O2S. The van der Waals surface area contributed by atoms with Crippen LogP contribution in [0.15, 0.2) is 22.9 Å². The van der Waals surface area contributed by atoms with E-state index in [0.29, 0.717) is 16.7 Å². The largest absolute Gasteiger partial charge is 0.481 e. The van der Waals surface area contributed by atoms with Crippen molar-refractivity contribution < 1.29 is 9.90 Å². The standard InChI is InChI=1S/C22H31BrN4O2S/c1-14(2)13-27(17-7-5-4-6-8-17)19-10-9-16(15(3)11-20(28)29)12-18(19)24-22-25-21(23)26-30-22/h9-10,12,14-15,17H,4-8,11,13H2,1-3H3,(H,28,29)(H,24,25,26). The van der Waals surface area contributed by atoms with Crippen molar-refractivity contribution in [2.75, 3.05) is 16.8 Å². The number of anilines is 3. The highest BCUT2D eigenvalue weighted by Gasteiger charge is 2.25. The van der Waals surface area contributed by atoms with Gasteiger partial charge in [0, 0.05) is 24.1 Å². The lowest BCUT2D eigenvalue weighted by atomic mass is 9.92. The predicted molar refractivity (Wildman–Crippen MR) is 127 cm³/mol. The van der Waals surface area contributed by atoms with Crippen molar-refractivity contribution >= 4 is 49.9 Å². The first-order valence-electron chi connectivity index (χ1n) is 10.7. The fourth-order valence-electron chi connectivity index (χ4n) is 4.19. The Morgan fingerprint density at radius 3 is 2.63 bits per heavy atom. The molecule has 0 amide bonds. The van der Waals surface area contributed by atoms with E-state index in [1.807, 2.05) is 6.92 Å². The lowest BCUT2D eigenvalue weighted by Crippen LogP contribution is -2.39. The van der Waals surface area contributed by atoms with Crippen molar-refractivity contribution in [1.29, 1.82) is 0 Å². The summed E-state index contributed by atoms with van der Waals surface area (Å²) in [5, 5.41) is 13.4. The van der Waals surface area contributed by atoms with E-state index in [-0.39, 0.29) is 12.3 Å². The maximum atomic E-state index is 11.2. The molecule has 1 unspecified atom stereocenters. The summed E-state index contributed by atoms with van der Waals surface area (Å²) >= 11 is 4.63. The molecule has 3 rings (SSSR count). The number of nitrogens with one attached hydrogen (secondary N) is 1. The topological polar surface area (TPSA) is 78.4 Å². The van der Waals surface area contributed by atoms with Gasteiger partial charge >= 0.3 is 5.97 Å². The Labute approximate surface area is 191 Å². The van der Waals surface area contributed by atoms with Gasteiger partial charge in [-0.3, -0.25) is 4.79 Å². The zero-order valence-corrected chi connectivity index (χ0v) is 20.3. The molecule has 8 heteroatoms. The number of carbonyl (C=O) groups is 1. The minimum absolute atomic E-state index is 0.0634. The third-order valence-electron chi connectivity index (χ3n) is 5.60. The number of carboxylic acid groups (broad SMARTS) is 1. The number of hydrogen-bond donors (Lipinski definition) is 2. The predicted octanol–water partition coefficient (Wildman–Crippen LogP) is 6.42. The third kappa shape index (κ3) is 6.17. The molecule has 0 bridgehead atoms. The van der Waals surface area contributed by atoms with Gasteiger partial charge < -0.3 is 15.3 Å². The molecule has 6 nitrogen and oxygen atoms in total. The fraction of sp³-hybridized carbons (Fsp3) is 0.591. The molecule has 1 aromatic carbocycles. The Morgan fingerprint density at radius 1 is 1.30 bits per heavy atom. The van der Waals surface area contributed by atoms with E-state index >= 15 is 0 Å². The normalized spacial score (nSPS) is 15.9. The quantitative estimate of drug-likeness (QED) is 0.418. The number of carboxylic acids is 1. The highest BCUT2D eigenvalue weighted by atomic mass is 79.9. The smallest absolute Gasteiger partial charge is 0.303 e. The summed E-state index contributed by atoms with van der Waals surface area (Å²) in [5.74, 6) is -0.301. The number of halogens is 1. The molecule has 2 aromatic rings. The van der Waals surface area contributed by atoms with Crippen LogP contribution in [0.2, 0.25) is 0 Å². The molecule has 0 saturated heterocycles. The Morgan fingerprint density at radius 2 is 2.03 bits per heavy atom. The molecule has 0 aliphatic heterocycles. The second-order valence-corrected chi connectivity index (χ2v) is 10.1. The molecule has 1 aliphatic rings. The summed E-state index contributed by atoms with van der Waals surface area (Å²) in [4.78, 5) is 18.2. The van der Waals surface area contributed by atoms with E-state index in [0.717, 1.165) is 28.6 Å². The van der Waals surface area contributed by atoms with Crippen molar-refractivity contribution in [3.63, 3.8) is 0 Å². The van der Waals surface area contributed by atoms with Gasteiger partial charge in [-0.2, -0.15) is 9.36 Å². The highest BCUT2D eigenvalue weighted by Crippen LogP contribution is 2.37. The summed E-state index contributed by atoms with van der Waals surface area (Å²) in [6.07, 6.45) is 6.42. The maximum absolute atomic E-state index is 11.2. The minimum atomic E-state index is -0.780. The molecular weight excluding hydrogens is 464 g/mol. The van der Waals surface area contributed by atoms with Crippen molar-refractivity contribution in [3.8, 4) is 0 Å². The molecule has 1 fully saturated rings. The molecule has 1 aromatic heterocycles. The summed E-state index contributed by atoms with van der Waals surface area (Å²) in [6.45, 7) is 7.47. The van der Waals surface area contributed by atoms with Crippen molar-refractivity contribution in [2.45, 2.75) is 71.3 Å². The van der Waals surface area contributed by atoms with Crippen LogP contribution in [0.25, 0.3) is 0 Å². The van der Waals surface area contributed by atoms with Gasteiger partial charge in [-0.15, -0.1) is 0 Å². The van der Waals surface area contributed by atoms with Crippen LogP contribution >= 0.6 is 27.5 Å². The fourth-order valence-corrected chi connectivity index (χ4v) is 5.19. The second-order valence-electron chi connectivity index (χ2n) is 8.61.